The van der Waals surface area contributed by atoms with E-state index in [-0.39, 0.29) is 11.3 Å². The van der Waals surface area contributed by atoms with Crippen LogP contribution in [-0.4, -0.2) is 27.6 Å². The fraction of sp³-hybridized carbons (Fsp3) is 0.385. The zero-order chi connectivity index (χ0) is 13.1. The van der Waals surface area contributed by atoms with Gasteiger partial charge in [0.1, 0.15) is 0 Å². The molecule has 1 unspecified atom stereocenters. The smallest absolute Gasteiger partial charge is 0.272 e. The highest BCUT2D eigenvalue weighted by atomic mass is 35.5. The minimum Gasteiger partial charge on any atom is -0.351 e. The summed E-state index contributed by atoms with van der Waals surface area (Å²) in [4.78, 5) is 12.0. The van der Waals surface area contributed by atoms with Crippen LogP contribution in [0.1, 0.15) is 23.8 Å². The molecule has 0 saturated heterocycles. The van der Waals surface area contributed by atoms with E-state index in [0.29, 0.717) is 12.2 Å². The molecular weight excluding hydrogens is 250 g/mol. The van der Waals surface area contributed by atoms with E-state index < -0.39 is 0 Å². The Hall–Kier alpha value is -1.55. The van der Waals surface area contributed by atoms with Crippen molar-refractivity contribution < 1.29 is 4.79 Å². The fourth-order valence-corrected chi connectivity index (χ4v) is 1.96. The highest BCUT2D eigenvalue weighted by molar-refractivity contribution is 6.20. The number of halogens is 1. The molecule has 5 heteroatoms. The maximum Gasteiger partial charge on any atom is 0.272 e. The molecule has 0 aliphatic rings. The monoisotopic (exact) mass is 265 g/mol. The van der Waals surface area contributed by atoms with Gasteiger partial charge in [-0.3, -0.25) is 9.48 Å². The number of aryl methyl sites for hydroxylation is 1. The molecule has 4 nitrogen and oxygen atoms in total. The first kappa shape index (κ1) is 12.9. The van der Waals surface area contributed by atoms with Crippen molar-refractivity contribution in [1.29, 1.82) is 0 Å². The number of fused-ring (bicyclic) bond motifs is 1. The number of carbonyl (C=O) groups excluding carboxylic acids is 1. The Morgan fingerprint density at radius 3 is 2.94 bits per heavy atom. The summed E-state index contributed by atoms with van der Waals surface area (Å²) >= 11 is 5.84. The Bertz CT molecular complexity index is 562. The number of para-hydroxylation sites is 1. The van der Waals surface area contributed by atoms with Gasteiger partial charge in [0.25, 0.3) is 5.91 Å². The van der Waals surface area contributed by atoms with Crippen LogP contribution in [0, 0.1) is 0 Å². The lowest BCUT2D eigenvalue weighted by Gasteiger charge is -2.04. The van der Waals surface area contributed by atoms with Gasteiger partial charge in [0.05, 0.1) is 5.52 Å². The molecule has 0 aliphatic heterocycles. The van der Waals surface area contributed by atoms with E-state index >= 15 is 0 Å². The van der Waals surface area contributed by atoms with E-state index in [0.717, 1.165) is 17.3 Å². The van der Waals surface area contributed by atoms with Gasteiger partial charge in [-0.1, -0.05) is 18.2 Å². The van der Waals surface area contributed by atoms with Crippen LogP contribution in [0.25, 0.3) is 10.9 Å². The minimum absolute atomic E-state index is 0.0609. The molecule has 0 aliphatic carbocycles. The summed E-state index contributed by atoms with van der Waals surface area (Å²) in [6.07, 6.45) is 0.748. The van der Waals surface area contributed by atoms with Crippen LogP contribution in [0.4, 0.5) is 0 Å². The Labute approximate surface area is 111 Å². The predicted octanol–water partition coefficient (Wildman–Crippen LogP) is 2.32. The third kappa shape index (κ3) is 2.64. The first-order valence-electron chi connectivity index (χ1n) is 5.93. The molecule has 0 bridgehead atoms. The van der Waals surface area contributed by atoms with E-state index in [4.69, 9.17) is 11.6 Å². The van der Waals surface area contributed by atoms with Crippen molar-refractivity contribution in [2.75, 3.05) is 6.54 Å². The van der Waals surface area contributed by atoms with Crippen LogP contribution in [0.5, 0.6) is 0 Å². The van der Waals surface area contributed by atoms with Crippen molar-refractivity contribution in [3.63, 3.8) is 0 Å². The molecule has 1 N–H and O–H groups in total. The molecule has 0 radical (unpaired) electrons. The van der Waals surface area contributed by atoms with Crippen LogP contribution >= 0.6 is 11.6 Å². The van der Waals surface area contributed by atoms with E-state index in [1.54, 1.807) is 4.68 Å². The lowest BCUT2D eigenvalue weighted by molar-refractivity contribution is 0.0949. The number of rotatable bonds is 4. The number of carbonyl (C=O) groups is 1. The lowest BCUT2D eigenvalue weighted by atomic mass is 10.2. The highest BCUT2D eigenvalue weighted by Crippen LogP contribution is 2.17. The van der Waals surface area contributed by atoms with Crippen molar-refractivity contribution in [1.82, 2.24) is 15.1 Å². The number of benzene rings is 1. The molecule has 1 aromatic heterocycles. The molecule has 0 saturated carbocycles. The highest BCUT2D eigenvalue weighted by Gasteiger charge is 2.15. The van der Waals surface area contributed by atoms with Gasteiger partial charge in [0, 0.05) is 24.4 Å². The van der Waals surface area contributed by atoms with E-state index in [9.17, 15) is 4.79 Å². The third-order valence-electron chi connectivity index (χ3n) is 2.80. The van der Waals surface area contributed by atoms with Gasteiger partial charge in [0.2, 0.25) is 0 Å². The zero-order valence-corrected chi connectivity index (χ0v) is 11.2. The molecule has 1 amide bonds. The molecule has 1 aromatic carbocycles. The molecule has 1 heterocycles. The molecule has 1 atom stereocenters. The van der Waals surface area contributed by atoms with Crippen LogP contribution in [0.15, 0.2) is 24.3 Å². The van der Waals surface area contributed by atoms with Crippen molar-refractivity contribution in [2.45, 2.75) is 18.7 Å². The van der Waals surface area contributed by atoms with Gasteiger partial charge in [-0.05, 0) is 19.4 Å². The molecule has 96 valence electrons. The average molecular weight is 266 g/mol. The van der Waals surface area contributed by atoms with Gasteiger partial charge >= 0.3 is 0 Å². The fourth-order valence-electron chi connectivity index (χ4n) is 1.85. The number of nitrogens with zero attached hydrogens (tertiary/aromatic N) is 2. The second-order valence-corrected chi connectivity index (χ2v) is 5.06. The third-order valence-corrected chi connectivity index (χ3v) is 3.02. The molecular formula is C13H16ClN3O. The standard InChI is InChI=1S/C13H16ClN3O/c1-9(14)7-8-15-13(18)12-10-5-3-4-6-11(10)17(2)16-12/h3-6,9H,7-8H2,1-2H3,(H,15,18). The van der Waals surface area contributed by atoms with Gasteiger partial charge in [0.15, 0.2) is 5.69 Å². The number of hydrogen-bond donors (Lipinski definition) is 1. The second kappa shape index (κ2) is 5.40. The van der Waals surface area contributed by atoms with Crippen LogP contribution in [0.3, 0.4) is 0 Å². The van der Waals surface area contributed by atoms with Crippen LogP contribution < -0.4 is 5.32 Å². The zero-order valence-electron chi connectivity index (χ0n) is 10.5. The topological polar surface area (TPSA) is 46.9 Å². The van der Waals surface area contributed by atoms with Crippen molar-refractivity contribution in [3.8, 4) is 0 Å². The molecule has 0 spiro atoms. The Morgan fingerprint density at radius 2 is 2.22 bits per heavy atom. The molecule has 2 aromatic rings. The van der Waals surface area contributed by atoms with E-state index in [1.165, 1.54) is 0 Å². The SMILES string of the molecule is CC(Cl)CCNC(=O)c1nn(C)c2ccccc12. The molecule has 18 heavy (non-hydrogen) atoms. The van der Waals surface area contributed by atoms with Crippen molar-refractivity contribution in [2.24, 2.45) is 7.05 Å². The summed E-state index contributed by atoms with van der Waals surface area (Å²) in [7, 11) is 1.83. The maximum absolute atomic E-state index is 12.0. The minimum atomic E-state index is -0.149. The second-order valence-electron chi connectivity index (χ2n) is 4.31. The van der Waals surface area contributed by atoms with E-state index in [1.807, 2.05) is 38.2 Å². The quantitative estimate of drug-likeness (QED) is 0.863. The van der Waals surface area contributed by atoms with Gasteiger partial charge in [-0.15, -0.1) is 11.6 Å². The van der Waals surface area contributed by atoms with Gasteiger partial charge in [-0.2, -0.15) is 5.10 Å². The summed E-state index contributed by atoms with van der Waals surface area (Å²) in [5, 5.41) is 8.03. The van der Waals surface area contributed by atoms with Crippen molar-refractivity contribution >= 4 is 28.4 Å². The Kier molecular flexibility index (Phi) is 3.87. The van der Waals surface area contributed by atoms with Crippen LogP contribution in [0.2, 0.25) is 0 Å². The summed E-state index contributed by atoms with van der Waals surface area (Å²) in [5.41, 5.74) is 1.42. The average Bonchev–Trinajstić information content (AvgIpc) is 2.67. The van der Waals surface area contributed by atoms with E-state index in [2.05, 4.69) is 10.4 Å². The predicted molar refractivity (Wildman–Crippen MR) is 73.0 cm³/mol. The lowest BCUT2D eigenvalue weighted by Crippen LogP contribution is -2.26. The number of amides is 1. The van der Waals surface area contributed by atoms with Gasteiger partial charge < -0.3 is 5.32 Å². The number of nitrogens with one attached hydrogen (secondary N) is 1. The Morgan fingerprint density at radius 1 is 1.50 bits per heavy atom. The van der Waals surface area contributed by atoms with Crippen LogP contribution in [-0.2, 0) is 7.05 Å². The summed E-state index contributed by atoms with van der Waals surface area (Å²) in [6.45, 7) is 2.47. The number of aromatic nitrogens is 2. The van der Waals surface area contributed by atoms with Crippen molar-refractivity contribution in [3.05, 3.63) is 30.0 Å². The summed E-state index contributed by atoms with van der Waals surface area (Å²) in [5.74, 6) is -0.149. The summed E-state index contributed by atoms with van der Waals surface area (Å²) < 4.78 is 1.72. The number of hydrogen-bond acceptors (Lipinski definition) is 2. The maximum atomic E-state index is 12.0. The summed E-state index contributed by atoms with van der Waals surface area (Å²) in [6, 6.07) is 7.68. The normalized spacial score (nSPS) is 12.6. The molecule has 2 rings (SSSR count). The van der Waals surface area contributed by atoms with Gasteiger partial charge in [-0.25, -0.2) is 0 Å². The first-order chi connectivity index (χ1) is 8.59. The Balaban J connectivity index is 2.18. The molecule has 0 fully saturated rings. The largest absolute Gasteiger partial charge is 0.351 e. The first-order valence-corrected chi connectivity index (χ1v) is 6.37. The number of alkyl halides is 1.